The normalized spacial score (nSPS) is 21.1. The first-order valence-corrected chi connectivity index (χ1v) is 5.64. The molecule has 3 N–H and O–H groups in total. The Bertz CT molecular complexity index is 271. The minimum Gasteiger partial charge on any atom is -0.480 e. The van der Waals surface area contributed by atoms with Crippen molar-refractivity contribution in [1.29, 1.82) is 0 Å². The summed E-state index contributed by atoms with van der Waals surface area (Å²) in [6.45, 7) is 1.29. The van der Waals surface area contributed by atoms with Crippen LogP contribution in [-0.2, 0) is 9.59 Å². The molecule has 1 aliphatic rings. The Morgan fingerprint density at radius 2 is 1.88 bits per heavy atom. The fraction of sp³-hybridized carbons (Fsp3) is 0.818. The van der Waals surface area contributed by atoms with E-state index in [1.807, 2.05) is 6.92 Å². The quantitative estimate of drug-likeness (QED) is 0.656. The van der Waals surface area contributed by atoms with Crippen LogP contribution in [-0.4, -0.2) is 34.7 Å². The Morgan fingerprint density at radius 1 is 1.31 bits per heavy atom. The number of hydrogen-bond donors (Lipinski definition) is 3. The van der Waals surface area contributed by atoms with Crippen molar-refractivity contribution >= 4 is 11.9 Å². The molecule has 1 aliphatic carbocycles. The monoisotopic (exact) mass is 229 g/mol. The maximum Gasteiger partial charge on any atom is 0.328 e. The second kappa shape index (κ2) is 5.30. The van der Waals surface area contributed by atoms with Crippen LogP contribution in [0, 0.1) is 5.41 Å². The first-order chi connectivity index (χ1) is 7.49. The third kappa shape index (κ3) is 2.95. The number of amides is 1. The van der Waals surface area contributed by atoms with Crippen molar-refractivity contribution in [2.45, 2.75) is 45.1 Å². The van der Waals surface area contributed by atoms with Gasteiger partial charge in [-0.1, -0.05) is 26.2 Å². The summed E-state index contributed by atoms with van der Waals surface area (Å²) in [5.74, 6) is -1.45. The van der Waals surface area contributed by atoms with Crippen LogP contribution in [0.5, 0.6) is 0 Å². The smallest absolute Gasteiger partial charge is 0.328 e. The van der Waals surface area contributed by atoms with Crippen LogP contribution in [0.15, 0.2) is 0 Å². The van der Waals surface area contributed by atoms with E-state index in [4.69, 9.17) is 10.2 Å². The van der Waals surface area contributed by atoms with Gasteiger partial charge in [0.1, 0.15) is 6.04 Å². The fourth-order valence-electron chi connectivity index (χ4n) is 2.08. The van der Waals surface area contributed by atoms with Gasteiger partial charge < -0.3 is 15.5 Å². The van der Waals surface area contributed by atoms with E-state index in [2.05, 4.69) is 5.32 Å². The maximum atomic E-state index is 11.9. The van der Waals surface area contributed by atoms with Gasteiger partial charge in [-0.05, 0) is 12.8 Å². The average molecular weight is 229 g/mol. The van der Waals surface area contributed by atoms with E-state index >= 15 is 0 Å². The molecule has 0 bridgehead atoms. The zero-order valence-electron chi connectivity index (χ0n) is 9.53. The highest BCUT2D eigenvalue weighted by molar-refractivity contribution is 5.87. The van der Waals surface area contributed by atoms with Crippen LogP contribution in [0.25, 0.3) is 0 Å². The molecule has 1 amide bonds. The van der Waals surface area contributed by atoms with Crippen molar-refractivity contribution in [2.24, 2.45) is 5.41 Å². The second-order valence-corrected chi connectivity index (χ2v) is 4.67. The zero-order valence-corrected chi connectivity index (χ0v) is 9.53. The number of carboxylic acids is 1. The van der Waals surface area contributed by atoms with Crippen LogP contribution >= 0.6 is 0 Å². The Balaban J connectivity index is 2.59. The van der Waals surface area contributed by atoms with Crippen LogP contribution in [0.4, 0.5) is 0 Å². The SMILES string of the molecule is CC1(C(=O)N[C@@H](CO)C(=O)O)CCCCC1. The van der Waals surface area contributed by atoms with Crippen LogP contribution < -0.4 is 5.32 Å². The summed E-state index contributed by atoms with van der Waals surface area (Å²) >= 11 is 0. The molecule has 5 nitrogen and oxygen atoms in total. The van der Waals surface area contributed by atoms with Crippen LogP contribution in [0.3, 0.4) is 0 Å². The standard InChI is InChI=1S/C11H19NO4/c1-11(5-3-2-4-6-11)10(16)12-8(7-13)9(14)15/h8,13H,2-7H2,1H3,(H,12,16)(H,14,15)/t8-/m0/s1. The van der Waals surface area contributed by atoms with Crippen molar-refractivity contribution in [3.05, 3.63) is 0 Å². The van der Waals surface area contributed by atoms with E-state index in [0.29, 0.717) is 0 Å². The van der Waals surface area contributed by atoms with Crippen molar-refractivity contribution < 1.29 is 19.8 Å². The van der Waals surface area contributed by atoms with E-state index < -0.39 is 24.0 Å². The lowest BCUT2D eigenvalue weighted by molar-refractivity contribution is -0.145. The number of aliphatic carboxylic acids is 1. The first-order valence-electron chi connectivity index (χ1n) is 5.64. The van der Waals surface area contributed by atoms with Gasteiger partial charge in [-0.15, -0.1) is 0 Å². The Hall–Kier alpha value is -1.10. The lowest BCUT2D eigenvalue weighted by Gasteiger charge is -2.32. The third-order valence-corrected chi connectivity index (χ3v) is 3.29. The summed E-state index contributed by atoms with van der Waals surface area (Å²) < 4.78 is 0. The Morgan fingerprint density at radius 3 is 2.31 bits per heavy atom. The Kier molecular flexibility index (Phi) is 4.29. The molecule has 16 heavy (non-hydrogen) atoms. The number of aliphatic hydroxyl groups excluding tert-OH is 1. The number of carbonyl (C=O) groups excluding carboxylic acids is 1. The third-order valence-electron chi connectivity index (χ3n) is 3.29. The minimum atomic E-state index is -1.20. The summed E-state index contributed by atoms with van der Waals surface area (Å²) in [5.41, 5.74) is -0.471. The fourth-order valence-corrected chi connectivity index (χ4v) is 2.08. The molecule has 0 saturated heterocycles. The van der Waals surface area contributed by atoms with Crippen LogP contribution in [0.2, 0.25) is 0 Å². The number of nitrogens with one attached hydrogen (secondary N) is 1. The van der Waals surface area contributed by atoms with Crippen LogP contribution in [0.1, 0.15) is 39.0 Å². The molecule has 1 atom stereocenters. The van der Waals surface area contributed by atoms with Gasteiger partial charge in [0, 0.05) is 5.41 Å². The van der Waals surface area contributed by atoms with Gasteiger partial charge in [-0.25, -0.2) is 4.79 Å². The molecule has 0 unspecified atom stereocenters. The molecular weight excluding hydrogens is 210 g/mol. The molecule has 1 fully saturated rings. The number of carbonyl (C=O) groups is 2. The van der Waals surface area contributed by atoms with Gasteiger partial charge in [0.15, 0.2) is 0 Å². The van der Waals surface area contributed by atoms with Gasteiger partial charge in [-0.3, -0.25) is 4.79 Å². The summed E-state index contributed by atoms with van der Waals surface area (Å²) in [4.78, 5) is 22.6. The van der Waals surface area contributed by atoms with Crippen molar-refractivity contribution in [2.75, 3.05) is 6.61 Å². The highest BCUT2D eigenvalue weighted by Gasteiger charge is 2.36. The number of rotatable bonds is 4. The number of hydrogen-bond acceptors (Lipinski definition) is 3. The van der Waals surface area contributed by atoms with Gasteiger partial charge in [0.2, 0.25) is 5.91 Å². The molecule has 0 radical (unpaired) electrons. The van der Waals surface area contributed by atoms with Gasteiger partial charge >= 0.3 is 5.97 Å². The molecule has 1 rings (SSSR count). The molecule has 5 heteroatoms. The molecule has 0 aromatic rings. The van der Waals surface area contributed by atoms with E-state index in [1.165, 1.54) is 0 Å². The van der Waals surface area contributed by atoms with E-state index in [-0.39, 0.29) is 5.91 Å². The largest absolute Gasteiger partial charge is 0.480 e. The highest BCUT2D eigenvalue weighted by Crippen LogP contribution is 2.35. The molecular formula is C11H19NO4. The molecule has 0 aliphatic heterocycles. The van der Waals surface area contributed by atoms with Gasteiger partial charge in [-0.2, -0.15) is 0 Å². The molecule has 0 spiro atoms. The maximum absolute atomic E-state index is 11.9. The molecule has 0 heterocycles. The summed E-state index contributed by atoms with van der Waals surface area (Å²) in [7, 11) is 0. The predicted octanol–water partition coefficient (Wildman–Crippen LogP) is 0.518. The lowest BCUT2D eigenvalue weighted by Crippen LogP contribution is -2.49. The lowest BCUT2D eigenvalue weighted by atomic mass is 9.75. The van der Waals surface area contributed by atoms with Crippen molar-refractivity contribution in [1.82, 2.24) is 5.32 Å². The van der Waals surface area contributed by atoms with E-state index in [9.17, 15) is 9.59 Å². The van der Waals surface area contributed by atoms with E-state index in [1.54, 1.807) is 0 Å². The minimum absolute atomic E-state index is 0.256. The van der Waals surface area contributed by atoms with Gasteiger partial charge in [0.25, 0.3) is 0 Å². The van der Waals surface area contributed by atoms with E-state index in [0.717, 1.165) is 32.1 Å². The molecule has 0 aromatic heterocycles. The molecule has 92 valence electrons. The summed E-state index contributed by atoms with van der Waals surface area (Å²) in [5, 5.41) is 19.9. The predicted molar refractivity (Wildman–Crippen MR) is 57.8 cm³/mol. The zero-order chi connectivity index (χ0) is 12.2. The number of carboxylic acid groups (broad SMARTS) is 1. The number of aliphatic hydroxyl groups is 1. The molecule has 0 aromatic carbocycles. The molecule has 1 saturated carbocycles. The van der Waals surface area contributed by atoms with Crippen molar-refractivity contribution in [3.8, 4) is 0 Å². The summed E-state index contributed by atoms with van der Waals surface area (Å²) in [6.07, 6.45) is 4.71. The first kappa shape index (κ1) is 13.0. The second-order valence-electron chi connectivity index (χ2n) is 4.67. The topological polar surface area (TPSA) is 86.6 Å². The van der Waals surface area contributed by atoms with Gasteiger partial charge in [0.05, 0.1) is 6.61 Å². The highest BCUT2D eigenvalue weighted by atomic mass is 16.4. The summed E-state index contributed by atoms with van der Waals surface area (Å²) in [6, 6.07) is -1.19. The van der Waals surface area contributed by atoms with Crippen molar-refractivity contribution in [3.63, 3.8) is 0 Å². The Labute approximate surface area is 94.8 Å². The average Bonchev–Trinajstić information content (AvgIpc) is 2.26.